The zero-order valence-electron chi connectivity index (χ0n) is 13.9. The van der Waals surface area contributed by atoms with Gasteiger partial charge in [0.1, 0.15) is 10.7 Å². The molecule has 0 aliphatic heterocycles. The summed E-state index contributed by atoms with van der Waals surface area (Å²) in [4.78, 5) is 23.7. The van der Waals surface area contributed by atoms with Crippen LogP contribution in [0.1, 0.15) is 10.4 Å². The average molecular weight is 380 g/mol. The van der Waals surface area contributed by atoms with Gasteiger partial charge in [-0.15, -0.1) is 11.3 Å². The maximum atomic E-state index is 13.1. The fourth-order valence-electron chi connectivity index (χ4n) is 2.74. The zero-order valence-corrected chi connectivity index (χ0v) is 15.5. The summed E-state index contributed by atoms with van der Waals surface area (Å²) in [5.74, 6) is -0.180. The summed E-state index contributed by atoms with van der Waals surface area (Å²) in [6.07, 6.45) is 1.67. The standard InChI is InChI=1S/C20H14ClN3OS/c1-24(16-10-4-2-8-14(16)21)20(25)13-7-6-12-22-18(13)19-23-15-9-3-5-11-17(15)26-19/h2-12H,1H3. The van der Waals surface area contributed by atoms with E-state index >= 15 is 0 Å². The molecule has 2 aromatic carbocycles. The molecular weight excluding hydrogens is 366 g/mol. The van der Waals surface area contributed by atoms with E-state index in [0.717, 1.165) is 15.2 Å². The number of anilines is 1. The molecular formula is C20H14ClN3OS. The normalized spacial score (nSPS) is 10.8. The molecule has 4 nitrogen and oxygen atoms in total. The number of carbonyl (C=O) groups excluding carboxylic acids is 1. The average Bonchev–Trinajstić information content (AvgIpc) is 3.11. The van der Waals surface area contributed by atoms with Crippen LogP contribution in [-0.2, 0) is 0 Å². The lowest BCUT2D eigenvalue weighted by Gasteiger charge is -2.19. The molecule has 2 heterocycles. The maximum Gasteiger partial charge on any atom is 0.260 e. The van der Waals surface area contributed by atoms with Crippen LogP contribution in [0.15, 0.2) is 66.9 Å². The van der Waals surface area contributed by atoms with E-state index in [-0.39, 0.29) is 5.91 Å². The van der Waals surface area contributed by atoms with Gasteiger partial charge in [0, 0.05) is 13.2 Å². The van der Waals surface area contributed by atoms with E-state index in [1.54, 1.807) is 31.4 Å². The molecule has 0 aliphatic carbocycles. The smallest absolute Gasteiger partial charge is 0.260 e. The predicted octanol–water partition coefficient (Wildman–Crippen LogP) is 5.29. The highest BCUT2D eigenvalue weighted by atomic mass is 35.5. The molecule has 0 spiro atoms. The van der Waals surface area contributed by atoms with E-state index in [1.165, 1.54) is 16.2 Å². The zero-order chi connectivity index (χ0) is 18.1. The molecule has 0 unspecified atom stereocenters. The lowest BCUT2D eigenvalue weighted by Crippen LogP contribution is -2.27. The molecule has 1 amide bonds. The number of hydrogen-bond acceptors (Lipinski definition) is 4. The molecule has 0 atom stereocenters. The molecule has 0 aliphatic rings. The number of carbonyl (C=O) groups is 1. The van der Waals surface area contributed by atoms with E-state index in [0.29, 0.717) is 22.0 Å². The van der Waals surface area contributed by atoms with Gasteiger partial charge in [0.25, 0.3) is 5.91 Å². The van der Waals surface area contributed by atoms with Crippen LogP contribution in [0.5, 0.6) is 0 Å². The van der Waals surface area contributed by atoms with Crippen molar-refractivity contribution in [3.05, 3.63) is 77.4 Å². The lowest BCUT2D eigenvalue weighted by molar-refractivity contribution is 0.0993. The number of thiazole rings is 1. The molecule has 0 radical (unpaired) electrons. The van der Waals surface area contributed by atoms with Crippen molar-refractivity contribution in [2.45, 2.75) is 0 Å². The predicted molar refractivity (Wildman–Crippen MR) is 107 cm³/mol. The Hall–Kier alpha value is -2.76. The van der Waals surface area contributed by atoms with Crippen molar-refractivity contribution in [1.82, 2.24) is 9.97 Å². The Balaban J connectivity index is 1.78. The number of amides is 1. The largest absolute Gasteiger partial charge is 0.310 e. The Morgan fingerprint density at radius 3 is 2.62 bits per heavy atom. The molecule has 26 heavy (non-hydrogen) atoms. The summed E-state index contributed by atoms with van der Waals surface area (Å²) >= 11 is 7.76. The third kappa shape index (κ3) is 2.96. The second-order valence-corrected chi connectivity index (χ2v) is 7.14. The molecule has 4 aromatic rings. The number of fused-ring (bicyclic) bond motifs is 1. The van der Waals surface area contributed by atoms with Gasteiger partial charge in [-0.05, 0) is 36.4 Å². The number of aromatic nitrogens is 2. The minimum atomic E-state index is -0.180. The number of nitrogens with zero attached hydrogens (tertiary/aromatic N) is 3. The van der Waals surface area contributed by atoms with Crippen molar-refractivity contribution in [3.8, 4) is 10.7 Å². The highest BCUT2D eigenvalue weighted by Crippen LogP contribution is 2.32. The number of halogens is 1. The van der Waals surface area contributed by atoms with Crippen molar-refractivity contribution in [2.75, 3.05) is 11.9 Å². The van der Waals surface area contributed by atoms with E-state index in [1.807, 2.05) is 42.5 Å². The molecule has 2 aromatic heterocycles. The van der Waals surface area contributed by atoms with Crippen LogP contribution in [0.3, 0.4) is 0 Å². The summed E-state index contributed by atoms with van der Waals surface area (Å²) in [6, 6.07) is 18.7. The third-order valence-corrected chi connectivity index (χ3v) is 5.42. The van der Waals surface area contributed by atoms with Gasteiger partial charge in [0.15, 0.2) is 0 Å². The number of benzene rings is 2. The SMILES string of the molecule is CN(C(=O)c1cccnc1-c1nc2ccccc2s1)c1ccccc1Cl. The number of hydrogen-bond donors (Lipinski definition) is 0. The first-order chi connectivity index (χ1) is 12.6. The molecule has 6 heteroatoms. The molecule has 0 fully saturated rings. The van der Waals surface area contributed by atoms with Gasteiger partial charge >= 0.3 is 0 Å². The fourth-order valence-corrected chi connectivity index (χ4v) is 3.97. The first-order valence-electron chi connectivity index (χ1n) is 7.98. The van der Waals surface area contributed by atoms with Crippen LogP contribution in [0.25, 0.3) is 20.9 Å². The van der Waals surface area contributed by atoms with Crippen LogP contribution < -0.4 is 4.90 Å². The molecule has 0 bridgehead atoms. The number of pyridine rings is 1. The monoisotopic (exact) mass is 379 g/mol. The van der Waals surface area contributed by atoms with E-state index in [4.69, 9.17) is 11.6 Å². The van der Waals surface area contributed by atoms with Crippen LogP contribution in [-0.4, -0.2) is 22.9 Å². The van der Waals surface area contributed by atoms with Gasteiger partial charge < -0.3 is 4.90 Å². The minimum Gasteiger partial charge on any atom is -0.310 e. The quantitative estimate of drug-likeness (QED) is 0.486. The van der Waals surface area contributed by atoms with Gasteiger partial charge in [-0.25, -0.2) is 4.98 Å². The Morgan fingerprint density at radius 2 is 1.81 bits per heavy atom. The van der Waals surface area contributed by atoms with E-state index in [2.05, 4.69) is 9.97 Å². The number of para-hydroxylation sites is 2. The first kappa shape index (κ1) is 16.7. The summed E-state index contributed by atoms with van der Waals surface area (Å²) in [5, 5.41) is 1.25. The van der Waals surface area contributed by atoms with Crippen LogP contribution in [0.4, 0.5) is 5.69 Å². The Morgan fingerprint density at radius 1 is 1.04 bits per heavy atom. The van der Waals surface area contributed by atoms with Gasteiger partial charge in [-0.2, -0.15) is 0 Å². The topological polar surface area (TPSA) is 46.1 Å². The molecule has 128 valence electrons. The second kappa shape index (κ2) is 6.86. The third-order valence-electron chi connectivity index (χ3n) is 4.05. The Labute approximate surface area is 159 Å². The fraction of sp³-hybridized carbons (Fsp3) is 0.0500. The highest BCUT2D eigenvalue weighted by Gasteiger charge is 2.21. The molecule has 0 N–H and O–H groups in total. The molecule has 0 saturated heterocycles. The van der Waals surface area contributed by atoms with E-state index < -0.39 is 0 Å². The second-order valence-electron chi connectivity index (χ2n) is 5.70. The van der Waals surface area contributed by atoms with Crippen molar-refractivity contribution in [3.63, 3.8) is 0 Å². The lowest BCUT2D eigenvalue weighted by atomic mass is 10.1. The van der Waals surface area contributed by atoms with E-state index in [9.17, 15) is 4.79 Å². The van der Waals surface area contributed by atoms with Crippen LogP contribution >= 0.6 is 22.9 Å². The highest BCUT2D eigenvalue weighted by molar-refractivity contribution is 7.21. The summed E-state index contributed by atoms with van der Waals surface area (Å²) in [5.41, 5.74) is 2.63. The van der Waals surface area contributed by atoms with Crippen molar-refractivity contribution in [2.24, 2.45) is 0 Å². The Kier molecular flexibility index (Phi) is 4.41. The summed E-state index contributed by atoms with van der Waals surface area (Å²) in [7, 11) is 1.71. The van der Waals surface area contributed by atoms with Crippen LogP contribution in [0, 0.1) is 0 Å². The Bertz CT molecular complexity index is 1080. The first-order valence-corrected chi connectivity index (χ1v) is 9.18. The maximum absolute atomic E-state index is 13.1. The van der Waals surface area contributed by atoms with Crippen LogP contribution in [0.2, 0.25) is 5.02 Å². The van der Waals surface area contributed by atoms with Gasteiger partial charge in [-0.1, -0.05) is 35.9 Å². The van der Waals surface area contributed by atoms with Gasteiger partial charge in [-0.3, -0.25) is 9.78 Å². The molecule has 0 saturated carbocycles. The van der Waals surface area contributed by atoms with Gasteiger partial charge in [0.2, 0.25) is 0 Å². The molecule has 4 rings (SSSR count). The van der Waals surface area contributed by atoms with Crippen molar-refractivity contribution in [1.29, 1.82) is 0 Å². The van der Waals surface area contributed by atoms with Crippen molar-refractivity contribution < 1.29 is 4.79 Å². The minimum absolute atomic E-state index is 0.180. The summed E-state index contributed by atoms with van der Waals surface area (Å²) in [6.45, 7) is 0. The van der Waals surface area contributed by atoms with Gasteiger partial charge in [0.05, 0.1) is 26.5 Å². The summed E-state index contributed by atoms with van der Waals surface area (Å²) < 4.78 is 1.06. The number of rotatable bonds is 3. The van der Waals surface area contributed by atoms with Crippen molar-refractivity contribution >= 4 is 44.7 Å².